The van der Waals surface area contributed by atoms with Gasteiger partial charge in [-0.25, -0.2) is 4.39 Å². The van der Waals surface area contributed by atoms with E-state index in [1.165, 1.54) is 6.07 Å². The van der Waals surface area contributed by atoms with Gasteiger partial charge in [0.15, 0.2) is 0 Å². The number of nitrogens with zero attached hydrogens (tertiary/aromatic N) is 1. The average Bonchev–Trinajstić information content (AvgIpc) is 2.72. The molecule has 0 saturated heterocycles. The summed E-state index contributed by atoms with van der Waals surface area (Å²) >= 11 is 5.95. The second kappa shape index (κ2) is 9.00. The van der Waals surface area contributed by atoms with Crippen LogP contribution in [0.5, 0.6) is 0 Å². The predicted molar refractivity (Wildman–Crippen MR) is 112 cm³/mol. The number of carbonyl (C=O) groups excluding carboxylic acids is 1. The number of halogens is 2. The minimum Gasteiger partial charge on any atom is -0.316 e. The van der Waals surface area contributed by atoms with E-state index in [-0.39, 0.29) is 11.7 Å². The van der Waals surface area contributed by atoms with Crippen molar-refractivity contribution >= 4 is 23.2 Å². The van der Waals surface area contributed by atoms with Gasteiger partial charge in [-0.3, -0.25) is 4.79 Å². The molecule has 3 nitrogen and oxygen atoms in total. The number of rotatable bonds is 6. The summed E-state index contributed by atoms with van der Waals surface area (Å²) in [4.78, 5) is 14.8. The fraction of sp³-hybridized carbons (Fsp3) is 0.174. The number of benzene rings is 3. The molecule has 0 fully saturated rings. The summed E-state index contributed by atoms with van der Waals surface area (Å²) in [5.74, 6) is -0.535. The average molecular weight is 397 g/mol. The van der Waals surface area contributed by atoms with E-state index in [1.807, 2.05) is 54.6 Å². The third-order valence-corrected chi connectivity index (χ3v) is 4.93. The van der Waals surface area contributed by atoms with Crippen molar-refractivity contribution in [3.63, 3.8) is 0 Å². The van der Waals surface area contributed by atoms with Crippen molar-refractivity contribution in [3.05, 3.63) is 100 Å². The van der Waals surface area contributed by atoms with Crippen molar-refractivity contribution in [1.82, 2.24) is 0 Å². The van der Waals surface area contributed by atoms with E-state index in [0.717, 1.165) is 11.1 Å². The standard InChI is InChI=1S/C23H22ClFN2O/c1-16-15-20(11-12-21(16)25)27(14-13-17-7-9-19(24)10-8-17)23(28)22(26)18-5-3-2-4-6-18/h2-12,15,22H,13-14,26H2,1H3. The SMILES string of the molecule is Cc1cc(N(CCc2ccc(Cl)cc2)C(=O)C(N)c2ccccc2)ccc1F. The molecule has 3 rings (SSSR count). The van der Waals surface area contributed by atoms with Crippen molar-refractivity contribution in [2.45, 2.75) is 19.4 Å². The Kier molecular flexibility index (Phi) is 6.45. The van der Waals surface area contributed by atoms with Gasteiger partial charge in [-0.15, -0.1) is 0 Å². The highest BCUT2D eigenvalue weighted by molar-refractivity contribution is 6.30. The summed E-state index contributed by atoms with van der Waals surface area (Å²) < 4.78 is 13.7. The predicted octanol–water partition coefficient (Wildman–Crippen LogP) is 5.06. The number of aryl methyl sites for hydroxylation is 1. The Morgan fingerprint density at radius 2 is 1.75 bits per heavy atom. The topological polar surface area (TPSA) is 46.3 Å². The van der Waals surface area contributed by atoms with Gasteiger partial charge in [0.25, 0.3) is 0 Å². The number of anilines is 1. The molecular weight excluding hydrogens is 375 g/mol. The van der Waals surface area contributed by atoms with Gasteiger partial charge in [-0.1, -0.05) is 54.1 Å². The van der Waals surface area contributed by atoms with Crippen molar-refractivity contribution in [1.29, 1.82) is 0 Å². The molecule has 0 saturated carbocycles. The van der Waals surface area contributed by atoms with Crippen LogP contribution in [0.15, 0.2) is 72.8 Å². The zero-order chi connectivity index (χ0) is 20.1. The van der Waals surface area contributed by atoms with Gasteiger partial charge in [0, 0.05) is 17.3 Å². The van der Waals surface area contributed by atoms with Gasteiger partial charge in [0.05, 0.1) is 0 Å². The fourth-order valence-electron chi connectivity index (χ4n) is 3.03. The molecule has 144 valence electrons. The van der Waals surface area contributed by atoms with Crippen LogP contribution < -0.4 is 10.6 Å². The second-order valence-electron chi connectivity index (χ2n) is 6.69. The van der Waals surface area contributed by atoms with Crippen LogP contribution in [0.25, 0.3) is 0 Å². The van der Waals surface area contributed by atoms with Crippen LogP contribution in [0.2, 0.25) is 5.02 Å². The Morgan fingerprint density at radius 1 is 1.07 bits per heavy atom. The molecule has 0 aliphatic rings. The van der Waals surface area contributed by atoms with E-state index in [1.54, 1.807) is 24.0 Å². The number of hydrogen-bond acceptors (Lipinski definition) is 2. The molecule has 1 unspecified atom stereocenters. The second-order valence-corrected chi connectivity index (χ2v) is 7.12. The largest absolute Gasteiger partial charge is 0.316 e. The van der Waals surface area contributed by atoms with Gasteiger partial charge >= 0.3 is 0 Å². The molecule has 0 aliphatic carbocycles. The van der Waals surface area contributed by atoms with Gasteiger partial charge < -0.3 is 10.6 Å². The fourth-order valence-corrected chi connectivity index (χ4v) is 3.15. The molecule has 0 aromatic heterocycles. The quantitative estimate of drug-likeness (QED) is 0.632. The van der Waals surface area contributed by atoms with Crippen LogP contribution in [0.4, 0.5) is 10.1 Å². The Bertz CT molecular complexity index is 945. The van der Waals surface area contributed by atoms with Crippen LogP contribution in [0, 0.1) is 12.7 Å². The van der Waals surface area contributed by atoms with E-state index in [0.29, 0.717) is 29.2 Å². The van der Waals surface area contributed by atoms with Gasteiger partial charge in [-0.2, -0.15) is 0 Å². The maximum Gasteiger partial charge on any atom is 0.248 e. The van der Waals surface area contributed by atoms with Gasteiger partial charge in [0.2, 0.25) is 5.91 Å². The summed E-state index contributed by atoms with van der Waals surface area (Å²) in [6.07, 6.45) is 0.626. The first-order valence-electron chi connectivity index (χ1n) is 9.08. The smallest absolute Gasteiger partial charge is 0.248 e. The summed E-state index contributed by atoms with van der Waals surface area (Å²) in [5, 5.41) is 0.664. The molecule has 0 heterocycles. The van der Waals surface area contributed by atoms with E-state index in [4.69, 9.17) is 17.3 Å². The number of hydrogen-bond donors (Lipinski definition) is 1. The summed E-state index contributed by atoms with van der Waals surface area (Å²) in [6.45, 7) is 2.10. The summed E-state index contributed by atoms with van der Waals surface area (Å²) in [7, 11) is 0. The molecule has 0 bridgehead atoms. The first-order valence-corrected chi connectivity index (χ1v) is 9.46. The monoisotopic (exact) mass is 396 g/mol. The zero-order valence-electron chi connectivity index (χ0n) is 15.6. The molecule has 2 N–H and O–H groups in total. The third kappa shape index (κ3) is 4.77. The first kappa shape index (κ1) is 20.1. The molecule has 0 radical (unpaired) electrons. The Hall–Kier alpha value is -2.69. The Balaban J connectivity index is 1.87. The van der Waals surface area contributed by atoms with Crippen molar-refractivity contribution in [2.24, 2.45) is 5.73 Å². The Morgan fingerprint density at radius 3 is 2.39 bits per heavy atom. The maximum atomic E-state index is 13.7. The van der Waals surface area contributed by atoms with Crippen molar-refractivity contribution in [2.75, 3.05) is 11.4 Å². The highest BCUT2D eigenvalue weighted by Crippen LogP contribution is 2.23. The lowest BCUT2D eigenvalue weighted by Gasteiger charge is -2.26. The Labute approximate surface area is 169 Å². The minimum absolute atomic E-state index is 0.230. The minimum atomic E-state index is -0.795. The van der Waals surface area contributed by atoms with Crippen molar-refractivity contribution < 1.29 is 9.18 Å². The van der Waals surface area contributed by atoms with E-state index in [2.05, 4.69) is 0 Å². The highest BCUT2D eigenvalue weighted by Gasteiger charge is 2.24. The molecule has 5 heteroatoms. The van der Waals surface area contributed by atoms with Crippen molar-refractivity contribution in [3.8, 4) is 0 Å². The lowest BCUT2D eigenvalue weighted by molar-refractivity contribution is -0.120. The molecule has 0 aliphatic heterocycles. The lowest BCUT2D eigenvalue weighted by Crippen LogP contribution is -2.40. The lowest BCUT2D eigenvalue weighted by atomic mass is 10.0. The van der Waals surface area contributed by atoms with Crippen LogP contribution in [-0.4, -0.2) is 12.5 Å². The third-order valence-electron chi connectivity index (χ3n) is 4.68. The van der Waals surface area contributed by atoms with Crippen LogP contribution >= 0.6 is 11.6 Å². The number of nitrogens with two attached hydrogens (primary N) is 1. The highest BCUT2D eigenvalue weighted by atomic mass is 35.5. The molecule has 3 aromatic rings. The molecule has 28 heavy (non-hydrogen) atoms. The van der Waals surface area contributed by atoms with E-state index < -0.39 is 6.04 Å². The number of carbonyl (C=O) groups is 1. The normalized spacial score (nSPS) is 11.9. The molecule has 1 amide bonds. The maximum absolute atomic E-state index is 13.7. The van der Waals surface area contributed by atoms with E-state index in [9.17, 15) is 9.18 Å². The van der Waals surface area contributed by atoms with Gasteiger partial charge in [-0.05, 0) is 60.4 Å². The van der Waals surface area contributed by atoms with Gasteiger partial charge in [0.1, 0.15) is 11.9 Å². The van der Waals surface area contributed by atoms with Crippen LogP contribution in [-0.2, 0) is 11.2 Å². The molecule has 1 atom stereocenters. The van der Waals surface area contributed by atoms with Crippen LogP contribution in [0.1, 0.15) is 22.7 Å². The molecule has 0 spiro atoms. The summed E-state index contributed by atoms with van der Waals surface area (Å²) in [5.41, 5.74) is 9.15. The first-order chi connectivity index (χ1) is 13.5. The molecule has 3 aromatic carbocycles. The summed E-state index contributed by atoms with van der Waals surface area (Å²) in [6, 6.07) is 20.6. The van der Waals surface area contributed by atoms with Crippen LogP contribution in [0.3, 0.4) is 0 Å². The zero-order valence-corrected chi connectivity index (χ0v) is 16.4. The molecular formula is C23H22ClFN2O. The number of amides is 1. The van der Waals surface area contributed by atoms with E-state index >= 15 is 0 Å².